The highest BCUT2D eigenvalue weighted by atomic mass is 15.1. The van der Waals surface area contributed by atoms with Crippen LogP contribution >= 0.6 is 0 Å². The molecule has 0 N–H and O–H groups in total. The van der Waals surface area contributed by atoms with E-state index in [2.05, 4.69) is 149 Å². The van der Waals surface area contributed by atoms with Crippen LogP contribution in [-0.4, -0.2) is 4.57 Å². The van der Waals surface area contributed by atoms with Crippen molar-refractivity contribution in [2.45, 2.75) is 13.8 Å². The fraction of sp³-hybridized carbons (Fsp3) is 0.0455. The summed E-state index contributed by atoms with van der Waals surface area (Å²) in [6.45, 7) is 4.04. The molecule has 1 aromatic heterocycles. The number of hydrogen-bond acceptors (Lipinski definition) is 1. The molecule has 0 spiro atoms. The van der Waals surface area contributed by atoms with E-state index in [1.165, 1.54) is 11.1 Å². The van der Waals surface area contributed by atoms with Gasteiger partial charge in [-0.25, -0.2) is 0 Å². The van der Waals surface area contributed by atoms with E-state index in [1.807, 2.05) is 38.1 Å². The van der Waals surface area contributed by atoms with Crippen LogP contribution in [0.25, 0.3) is 40.1 Å². The van der Waals surface area contributed by atoms with Crippen LogP contribution in [0, 0.1) is 31.6 Å². The molecule has 0 saturated carbocycles. The maximum Gasteiger partial charge on any atom is 0.0618 e. The lowest BCUT2D eigenvalue weighted by molar-refractivity contribution is 1.04. The molecule has 220 valence electrons. The smallest absolute Gasteiger partial charge is 0.0618 e. The van der Waals surface area contributed by atoms with Crippen LogP contribution in [0.1, 0.15) is 29.4 Å². The summed E-state index contributed by atoms with van der Waals surface area (Å²) in [5.41, 5.74) is 12.8. The first-order valence-corrected chi connectivity index (χ1v) is 15.3. The highest BCUT2D eigenvalue weighted by Crippen LogP contribution is 2.37. The number of aromatic nitrogens is 1. The van der Waals surface area contributed by atoms with Crippen molar-refractivity contribution in [2.75, 3.05) is 4.90 Å². The Labute approximate surface area is 272 Å². The average Bonchev–Trinajstić information content (AvgIpc) is 3.38. The zero-order chi connectivity index (χ0) is 31.9. The first kappa shape index (κ1) is 29.8. The number of terminal acetylenes is 2. The van der Waals surface area contributed by atoms with Gasteiger partial charge in [-0.3, -0.25) is 0 Å². The van der Waals surface area contributed by atoms with Gasteiger partial charge in [0.15, 0.2) is 0 Å². The molecule has 0 bridgehead atoms. The lowest BCUT2D eigenvalue weighted by Gasteiger charge is -2.26. The molecule has 0 amide bonds. The molecule has 46 heavy (non-hydrogen) atoms. The van der Waals surface area contributed by atoms with Crippen LogP contribution in [0.3, 0.4) is 0 Å². The first-order chi connectivity index (χ1) is 22.6. The lowest BCUT2D eigenvalue weighted by atomic mass is 10.0. The highest BCUT2D eigenvalue weighted by Gasteiger charge is 2.17. The predicted molar refractivity (Wildman–Crippen MR) is 197 cm³/mol. The molecule has 6 aromatic rings. The second kappa shape index (κ2) is 13.6. The van der Waals surface area contributed by atoms with E-state index in [0.717, 1.165) is 56.4 Å². The maximum absolute atomic E-state index is 5.94. The predicted octanol–water partition coefficient (Wildman–Crippen LogP) is 11.3. The minimum Gasteiger partial charge on any atom is -0.311 e. The molecule has 1 heterocycles. The van der Waals surface area contributed by atoms with Gasteiger partial charge in [-0.05, 0) is 108 Å². The Bertz CT molecular complexity index is 2080. The van der Waals surface area contributed by atoms with Crippen LogP contribution in [-0.2, 0) is 0 Å². The third-order valence-corrected chi connectivity index (χ3v) is 8.13. The Morgan fingerprint density at radius 1 is 0.565 bits per heavy atom. The number of para-hydroxylation sites is 1. The van der Waals surface area contributed by atoms with Crippen LogP contribution in [0.2, 0.25) is 0 Å². The molecule has 0 aliphatic carbocycles. The van der Waals surface area contributed by atoms with E-state index in [4.69, 9.17) is 12.8 Å². The molecular formula is C44H34N2. The van der Waals surface area contributed by atoms with Crippen LogP contribution in [0.4, 0.5) is 17.1 Å². The van der Waals surface area contributed by atoms with E-state index in [0.29, 0.717) is 0 Å². The lowest BCUT2D eigenvalue weighted by Crippen LogP contribution is -2.09. The molecule has 0 fully saturated rings. The van der Waals surface area contributed by atoms with Gasteiger partial charge in [0.2, 0.25) is 0 Å². The third-order valence-electron chi connectivity index (χ3n) is 8.13. The Morgan fingerprint density at radius 3 is 1.54 bits per heavy atom. The zero-order valence-corrected chi connectivity index (χ0v) is 26.1. The Hall–Kier alpha value is -6.22. The van der Waals surface area contributed by atoms with Crippen molar-refractivity contribution >= 4 is 29.2 Å². The molecule has 0 aliphatic heterocycles. The van der Waals surface area contributed by atoms with Crippen molar-refractivity contribution in [1.29, 1.82) is 0 Å². The van der Waals surface area contributed by atoms with Crippen molar-refractivity contribution < 1.29 is 0 Å². The SMILES string of the molecule is C#C/C=C\c1c(C)c(C#C)c(/C=C\C)n1-c1ccc(-c2ccc(N(c3ccccc3)c3ccc(-c4ccccc4)cc3)cc2)cc1. The van der Waals surface area contributed by atoms with E-state index >= 15 is 0 Å². The van der Waals surface area contributed by atoms with Gasteiger partial charge in [0, 0.05) is 22.7 Å². The minimum absolute atomic E-state index is 0.868. The Balaban J connectivity index is 1.33. The van der Waals surface area contributed by atoms with E-state index < -0.39 is 0 Å². The molecule has 5 aromatic carbocycles. The zero-order valence-electron chi connectivity index (χ0n) is 26.1. The molecule has 2 nitrogen and oxygen atoms in total. The summed E-state index contributed by atoms with van der Waals surface area (Å²) in [5, 5.41) is 0. The first-order valence-electron chi connectivity index (χ1n) is 15.3. The van der Waals surface area contributed by atoms with E-state index in [1.54, 1.807) is 6.08 Å². The second-order valence-corrected chi connectivity index (χ2v) is 10.9. The Kier molecular flexibility index (Phi) is 8.83. The summed E-state index contributed by atoms with van der Waals surface area (Å²) in [6.07, 6.45) is 19.2. The largest absolute Gasteiger partial charge is 0.311 e. The summed E-state index contributed by atoms with van der Waals surface area (Å²) in [6, 6.07) is 47.0. The molecule has 0 aliphatic rings. The van der Waals surface area contributed by atoms with Crippen molar-refractivity contribution in [3.63, 3.8) is 0 Å². The van der Waals surface area contributed by atoms with Gasteiger partial charge < -0.3 is 9.47 Å². The number of benzene rings is 5. The van der Waals surface area contributed by atoms with Crippen LogP contribution < -0.4 is 4.90 Å². The fourth-order valence-electron chi connectivity index (χ4n) is 5.90. The normalized spacial score (nSPS) is 11.0. The van der Waals surface area contributed by atoms with E-state index in [-0.39, 0.29) is 0 Å². The molecular weight excluding hydrogens is 556 g/mol. The summed E-state index contributed by atoms with van der Waals surface area (Å²) in [5.74, 6) is 5.49. The molecule has 0 unspecified atom stereocenters. The molecule has 6 rings (SSSR count). The van der Waals surface area contributed by atoms with Crippen LogP contribution in [0.5, 0.6) is 0 Å². The van der Waals surface area contributed by atoms with Crippen molar-refractivity contribution in [1.82, 2.24) is 4.57 Å². The molecule has 0 saturated heterocycles. The fourth-order valence-corrected chi connectivity index (χ4v) is 5.90. The average molecular weight is 591 g/mol. The number of hydrogen-bond donors (Lipinski definition) is 0. The summed E-state index contributed by atoms with van der Waals surface area (Å²) in [7, 11) is 0. The second-order valence-electron chi connectivity index (χ2n) is 10.9. The van der Waals surface area contributed by atoms with Gasteiger partial charge >= 0.3 is 0 Å². The van der Waals surface area contributed by atoms with Gasteiger partial charge in [-0.15, -0.1) is 12.8 Å². The molecule has 2 heteroatoms. The van der Waals surface area contributed by atoms with Gasteiger partial charge in [0.1, 0.15) is 0 Å². The Morgan fingerprint density at radius 2 is 1.04 bits per heavy atom. The number of rotatable bonds is 8. The van der Waals surface area contributed by atoms with Crippen molar-refractivity contribution in [3.05, 3.63) is 168 Å². The van der Waals surface area contributed by atoms with Gasteiger partial charge in [0.05, 0.1) is 17.0 Å². The molecule has 0 radical (unpaired) electrons. The summed E-state index contributed by atoms with van der Waals surface area (Å²) in [4.78, 5) is 2.28. The van der Waals surface area contributed by atoms with E-state index in [9.17, 15) is 0 Å². The topological polar surface area (TPSA) is 8.17 Å². The standard InChI is InChI=1S/C44H34N2/c1-5-8-20-43-33(4)42(7-3)44(15-6-2)46(43)41-31-25-37(26-32-41)36-23-29-40(30-24-36)45(38-18-13-10-14-19-38)39-27-21-35(22-28-39)34-16-11-9-12-17-34/h1,3,6,8-32H,2,4H3/b15-6-,20-8-. The monoisotopic (exact) mass is 590 g/mol. The van der Waals surface area contributed by atoms with Gasteiger partial charge in [-0.2, -0.15) is 0 Å². The van der Waals surface area contributed by atoms with Gasteiger partial charge in [-0.1, -0.05) is 103 Å². The summed E-state index contributed by atoms with van der Waals surface area (Å²) >= 11 is 0. The number of allylic oxidation sites excluding steroid dienone is 2. The number of nitrogens with zero attached hydrogens (tertiary/aromatic N) is 2. The maximum atomic E-state index is 5.94. The van der Waals surface area contributed by atoms with Crippen LogP contribution in [0.15, 0.2) is 146 Å². The van der Waals surface area contributed by atoms with Crippen molar-refractivity contribution in [3.8, 4) is 52.6 Å². The third kappa shape index (κ3) is 5.94. The molecule has 0 atom stereocenters. The minimum atomic E-state index is 0.868. The van der Waals surface area contributed by atoms with Crippen molar-refractivity contribution in [2.24, 2.45) is 0 Å². The quantitative estimate of drug-likeness (QED) is 0.160. The van der Waals surface area contributed by atoms with Gasteiger partial charge in [0.25, 0.3) is 0 Å². The summed E-state index contributed by atoms with van der Waals surface area (Å²) < 4.78 is 2.17. The number of anilines is 3. The highest BCUT2D eigenvalue weighted by molar-refractivity contribution is 5.80.